The molecule has 0 radical (unpaired) electrons. The molecule has 0 aromatic carbocycles. The monoisotopic (exact) mass is 314 g/mol. The summed E-state index contributed by atoms with van der Waals surface area (Å²) in [7, 11) is -2.32. The minimum atomic E-state index is -3.88. The van der Waals surface area contributed by atoms with Gasteiger partial charge >= 0.3 is 0 Å². The van der Waals surface area contributed by atoms with Crippen molar-refractivity contribution in [1.82, 2.24) is 14.8 Å². The predicted molar refractivity (Wildman–Crippen MR) is 74.9 cm³/mol. The normalized spacial score (nSPS) is 18.5. The second-order valence-corrected chi connectivity index (χ2v) is 7.05. The number of carbonyl (C=O) groups excluding carboxylic acids is 2. The van der Waals surface area contributed by atoms with Gasteiger partial charge in [0, 0.05) is 26.3 Å². The fourth-order valence-electron chi connectivity index (χ4n) is 2.30. The Morgan fingerprint density at radius 1 is 1.43 bits per heavy atom. The number of hydrogen-bond acceptors (Lipinski definition) is 4. The molecular formula is C12H18N4O4S. The average Bonchev–Trinajstić information content (AvgIpc) is 2.74. The lowest BCUT2D eigenvalue weighted by Crippen LogP contribution is -2.63. The van der Waals surface area contributed by atoms with E-state index in [0.29, 0.717) is 13.1 Å². The number of piperazine rings is 1. The number of hydrogen-bond donors (Lipinski definition) is 2. The zero-order valence-corrected chi connectivity index (χ0v) is 12.9. The first-order chi connectivity index (χ1) is 9.55. The zero-order chi connectivity index (χ0) is 16.0. The number of nitrogens with two attached hydrogens (primary N) is 1. The predicted octanol–water partition coefficient (Wildman–Crippen LogP) is -0.977. The topological polar surface area (TPSA) is 114 Å². The maximum atomic E-state index is 12.6. The first kappa shape index (κ1) is 15.5. The van der Waals surface area contributed by atoms with E-state index in [1.54, 1.807) is 20.9 Å². The summed E-state index contributed by atoms with van der Waals surface area (Å²) in [5.74, 6) is -0.657. The number of carbonyl (C=O) groups is 2. The average molecular weight is 314 g/mol. The summed E-state index contributed by atoms with van der Waals surface area (Å²) in [5, 5.41) is 7.76. The molecule has 1 fully saturated rings. The van der Waals surface area contributed by atoms with Gasteiger partial charge in [0.1, 0.15) is 16.1 Å². The summed E-state index contributed by atoms with van der Waals surface area (Å²) in [6.45, 7) is 4.00. The maximum Gasteiger partial charge on any atom is 0.271 e. The molecule has 0 saturated carbocycles. The van der Waals surface area contributed by atoms with E-state index < -0.39 is 21.5 Å². The van der Waals surface area contributed by atoms with E-state index in [4.69, 9.17) is 5.14 Å². The van der Waals surface area contributed by atoms with Crippen LogP contribution in [0.3, 0.4) is 0 Å². The Labute approximate surface area is 122 Å². The largest absolute Gasteiger partial charge is 0.352 e. The molecule has 2 amide bonds. The zero-order valence-electron chi connectivity index (χ0n) is 12.1. The third-order valence-corrected chi connectivity index (χ3v) is 4.50. The molecule has 1 saturated heterocycles. The summed E-state index contributed by atoms with van der Waals surface area (Å²) in [6.07, 6.45) is 1.28. The van der Waals surface area contributed by atoms with E-state index in [2.05, 4.69) is 5.32 Å². The van der Waals surface area contributed by atoms with Crippen LogP contribution in [0.5, 0.6) is 0 Å². The molecule has 0 atom stereocenters. The van der Waals surface area contributed by atoms with Crippen molar-refractivity contribution in [3.63, 3.8) is 0 Å². The number of amides is 2. The number of aryl methyl sites for hydroxylation is 1. The van der Waals surface area contributed by atoms with E-state index >= 15 is 0 Å². The van der Waals surface area contributed by atoms with Crippen molar-refractivity contribution >= 4 is 21.8 Å². The number of nitrogens with zero attached hydrogens (tertiary/aromatic N) is 2. The van der Waals surface area contributed by atoms with Gasteiger partial charge in [-0.2, -0.15) is 0 Å². The van der Waals surface area contributed by atoms with Crippen LogP contribution in [-0.2, 0) is 21.9 Å². The van der Waals surface area contributed by atoms with Gasteiger partial charge in [0.25, 0.3) is 5.91 Å². The molecule has 0 unspecified atom stereocenters. The molecule has 0 aliphatic carbocycles. The first-order valence-electron chi connectivity index (χ1n) is 6.34. The van der Waals surface area contributed by atoms with Crippen LogP contribution in [0, 0.1) is 0 Å². The highest BCUT2D eigenvalue weighted by molar-refractivity contribution is 7.89. The molecule has 2 heterocycles. The van der Waals surface area contributed by atoms with Crippen LogP contribution in [0.25, 0.3) is 0 Å². The Balaban J connectivity index is 2.41. The molecule has 116 valence electrons. The lowest BCUT2D eigenvalue weighted by molar-refractivity contribution is -0.133. The van der Waals surface area contributed by atoms with Crippen LogP contribution < -0.4 is 10.5 Å². The number of primary sulfonamides is 1. The molecule has 1 aliphatic rings. The highest BCUT2D eigenvalue weighted by atomic mass is 32.2. The van der Waals surface area contributed by atoms with Crippen molar-refractivity contribution in [3.8, 4) is 0 Å². The molecule has 9 heteroatoms. The van der Waals surface area contributed by atoms with E-state index in [-0.39, 0.29) is 16.5 Å². The van der Waals surface area contributed by atoms with Crippen molar-refractivity contribution in [1.29, 1.82) is 0 Å². The molecule has 1 aromatic heterocycles. The molecule has 1 aromatic rings. The minimum absolute atomic E-state index is 0.132. The van der Waals surface area contributed by atoms with Crippen LogP contribution >= 0.6 is 0 Å². The molecule has 1 aliphatic heterocycles. The van der Waals surface area contributed by atoms with E-state index in [1.165, 1.54) is 21.7 Å². The van der Waals surface area contributed by atoms with Crippen LogP contribution in [0.15, 0.2) is 17.2 Å². The van der Waals surface area contributed by atoms with E-state index in [0.717, 1.165) is 0 Å². The Morgan fingerprint density at radius 3 is 2.57 bits per heavy atom. The third kappa shape index (κ3) is 2.66. The maximum absolute atomic E-state index is 12.6. The second kappa shape index (κ2) is 4.85. The van der Waals surface area contributed by atoms with Crippen LogP contribution in [0.2, 0.25) is 0 Å². The smallest absolute Gasteiger partial charge is 0.271 e. The number of sulfonamides is 1. The summed E-state index contributed by atoms with van der Waals surface area (Å²) >= 11 is 0. The number of rotatable bonds is 2. The van der Waals surface area contributed by atoms with Crippen molar-refractivity contribution < 1.29 is 18.0 Å². The number of nitrogens with one attached hydrogen (secondary N) is 1. The SMILES string of the molecule is Cn1cc(S(N)(=O)=O)cc1C(=O)N1CCNC(=O)C1(C)C. The second-order valence-electron chi connectivity index (χ2n) is 5.49. The van der Waals surface area contributed by atoms with Gasteiger partial charge < -0.3 is 14.8 Å². The fourth-order valence-corrected chi connectivity index (χ4v) is 2.88. The van der Waals surface area contributed by atoms with Crippen LogP contribution in [0.4, 0.5) is 0 Å². The van der Waals surface area contributed by atoms with Crippen molar-refractivity contribution in [2.45, 2.75) is 24.3 Å². The molecule has 0 spiro atoms. The summed E-state index contributed by atoms with van der Waals surface area (Å²) < 4.78 is 24.1. The molecule has 3 N–H and O–H groups in total. The standard InChI is InChI=1S/C12H18N4O4S/c1-12(2)11(18)14-4-5-16(12)10(17)9-6-8(7-15(9)3)21(13,19)20/h6-7H,4-5H2,1-3H3,(H,14,18)(H2,13,19,20). The van der Waals surface area contributed by atoms with Gasteiger partial charge in [0.15, 0.2) is 0 Å². The van der Waals surface area contributed by atoms with Crippen molar-refractivity contribution in [2.24, 2.45) is 12.2 Å². The lowest BCUT2D eigenvalue weighted by Gasteiger charge is -2.41. The van der Waals surface area contributed by atoms with Crippen LogP contribution in [0.1, 0.15) is 24.3 Å². The Hall–Kier alpha value is -1.87. The minimum Gasteiger partial charge on any atom is -0.352 e. The summed E-state index contributed by atoms with van der Waals surface area (Å²) in [4.78, 5) is 25.8. The highest BCUT2D eigenvalue weighted by Gasteiger charge is 2.41. The van der Waals surface area contributed by atoms with Gasteiger partial charge in [-0.3, -0.25) is 9.59 Å². The Morgan fingerprint density at radius 2 is 2.05 bits per heavy atom. The quantitative estimate of drug-likeness (QED) is 0.730. The van der Waals surface area contributed by atoms with Gasteiger partial charge in [0.05, 0.1) is 0 Å². The Kier molecular flexibility index (Phi) is 3.58. The van der Waals surface area contributed by atoms with Gasteiger partial charge in [-0.1, -0.05) is 0 Å². The number of aromatic nitrogens is 1. The van der Waals surface area contributed by atoms with Crippen molar-refractivity contribution in [2.75, 3.05) is 13.1 Å². The molecular weight excluding hydrogens is 296 g/mol. The molecule has 21 heavy (non-hydrogen) atoms. The summed E-state index contributed by atoms with van der Waals surface area (Å²) in [5.41, 5.74) is -0.830. The van der Waals surface area contributed by atoms with Gasteiger partial charge in [-0.25, -0.2) is 13.6 Å². The summed E-state index contributed by atoms with van der Waals surface area (Å²) in [6, 6.07) is 1.22. The third-order valence-electron chi connectivity index (χ3n) is 3.62. The highest BCUT2D eigenvalue weighted by Crippen LogP contribution is 2.22. The fraction of sp³-hybridized carbons (Fsp3) is 0.500. The van der Waals surface area contributed by atoms with E-state index in [9.17, 15) is 18.0 Å². The molecule has 2 rings (SSSR count). The van der Waals surface area contributed by atoms with Crippen LogP contribution in [-0.4, -0.2) is 48.3 Å². The van der Waals surface area contributed by atoms with Gasteiger partial charge in [0.2, 0.25) is 15.9 Å². The first-order valence-corrected chi connectivity index (χ1v) is 7.89. The van der Waals surface area contributed by atoms with E-state index in [1.807, 2.05) is 0 Å². The molecule has 0 bridgehead atoms. The van der Waals surface area contributed by atoms with Gasteiger partial charge in [-0.05, 0) is 19.9 Å². The lowest BCUT2D eigenvalue weighted by atomic mass is 9.98. The Bertz CT molecular complexity index is 705. The van der Waals surface area contributed by atoms with Gasteiger partial charge in [-0.15, -0.1) is 0 Å². The molecule has 8 nitrogen and oxygen atoms in total. The van der Waals surface area contributed by atoms with Crippen molar-refractivity contribution in [3.05, 3.63) is 18.0 Å².